The van der Waals surface area contributed by atoms with Crippen LogP contribution in [0.3, 0.4) is 0 Å². The van der Waals surface area contributed by atoms with E-state index in [1.54, 1.807) is 0 Å². The van der Waals surface area contributed by atoms with Gasteiger partial charge in [-0.05, 0) is 55.5 Å². The molecule has 25 heavy (non-hydrogen) atoms. The molecule has 0 aliphatic carbocycles. The van der Waals surface area contributed by atoms with Crippen molar-refractivity contribution in [3.63, 3.8) is 0 Å². The zero-order valence-corrected chi connectivity index (χ0v) is 14.5. The lowest BCUT2D eigenvalue weighted by Crippen LogP contribution is -2.29. The Hall–Kier alpha value is -2.33. The lowest BCUT2D eigenvalue weighted by Gasteiger charge is -2.28. The van der Waals surface area contributed by atoms with Crippen molar-refractivity contribution in [2.75, 3.05) is 24.5 Å². The first kappa shape index (κ1) is 17.5. The van der Waals surface area contributed by atoms with Gasteiger partial charge in [0.05, 0.1) is 6.10 Å². The Morgan fingerprint density at radius 1 is 1.00 bits per heavy atom. The van der Waals surface area contributed by atoms with E-state index in [4.69, 9.17) is 0 Å². The maximum atomic E-state index is 12.2. The topological polar surface area (TPSA) is 52.6 Å². The van der Waals surface area contributed by atoms with E-state index >= 15 is 0 Å². The van der Waals surface area contributed by atoms with Gasteiger partial charge in [0.1, 0.15) is 0 Å². The van der Waals surface area contributed by atoms with Crippen LogP contribution >= 0.6 is 0 Å². The van der Waals surface area contributed by atoms with E-state index in [1.165, 1.54) is 24.9 Å². The van der Waals surface area contributed by atoms with Crippen molar-refractivity contribution in [3.05, 3.63) is 65.7 Å². The highest BCUT2D eigenvalue weighted by molar-refractivity contribution is 5.94. The summed E-state index contributed by atoms with van der Waals surface area (Å²) in [5.74, 6) is -0.0922. The third kappa shape index (κ3) is 4.83. The third-order valence-corrected chi connectivity index (χ3v) is 4.74. The SMILES string of the molecule is O=C(NCCC(O)c1ccccc1)c1ccc(N2CCCCC2)cc1. The van der Waals surface area contributed by atoms with Crippen molar-refractivity contribution < 1.29 is 9.90 Å². The number of anilines is 1. The molecule has 1 aliphatic rings. The summed E-state index contributed by atoms with van der Waals surface area (Å²) < 4.78 is 0. The van der Waals surface area contributed by atoms with E-state index in [9.17, 15) is 9.90 Å². The van der Waals surface area contributed by atoms with Gasteiger partial charge in [-0.25, -0.2) is 0 Å². The number of piperidine rings is 1. The van der Waals surface area contributed by atoms with E-state index in [0.29, 0.717) is 18.5 Å². The first-order valence-corrected chi connectivity index (χ1v) is 9.10. The van der Waals surface area contributed by atoms with Gasteiger partial charge in [0.15, 0.2) is 0 Å². The summed E-state index contributed by atoms with van der Waals surface area (Å²) in [6, 6.07) is 17.3. The summed E-state index contributed by atoms with van der Waals surface area (Å²) in [6.07, 6.45) is 3.74. The lowest BCUT2D eigenvalue weighted by atomic mass is 10.1. The number of aliphatic hydroxyl groups is 1. The van der Waals surface area contributed by atoms with Crippen LogP contribution in [0.2, 0.25) is 0 Å². The second kappa shape index (κ2) is 8.67. The van der Waals surface area contributed by atoms with Crippen molar-refractivity contribution in [2.24, 2.45) is 0 Å². The molecule has 0 bridgehead atoms. The minimum absolute atomic E-state index is 0.0922. The predicted octanol–water partition coefficient (Wildman–Crippen LogP) is 3.53. The zero-order chi connectivity index (χ0) is 17.5. The van der Waals surface area contributed by atoms with E-state index in [0.717, 1.165) is 18.7 Å². The summed E-state index contributed by atoms with van der Waals surface area (Å²) in [5, 5.41) is 13.0. The van der Waals surface area contributed by atoms with Gasteiger partial charge in [-0.15, -0.1) is 0 Å². The highest BCUT2D eigenvalue weighted by atomic mass is 16.3. The minimum atomic E-state index is -0.553. The molecule has 1 fully saturated rings. The van der Waals surface area contributed by atoms with E-state index < -0.39 is 6.10 Å². The van der Waals surface area contributed by atoms with Crippen molar-refractivity contribution in [3.8, 4) is 0 Å². The number of hydrogen-bond donors (Lipinski definition) is 2. The maximum absolute atomic E-state index is 12.2. The summed E-state index contributed by atoms with van der Waals surface area (Å²) in [7, 11) is 0. The van der Waals surface area contributed by atoms with Gasteiger partial charge in [-0.3, -0.25) is 4.79 Å². The number of rotatable bonds is 6. The molecule has 2 aromatic rings. The van der Waals surface area contributed by atoms with Gasteiger partial charge >= 0.3 is 0 Å². The average Bonchev–Trinajstić information content (AvgIpc) is 2.69. The molecular weight excluding hydrogens is 312 g/mol. The van der Waals surface area contributed by atoms with Gasteiger partial charge in [-0.1, -0.05) is 30.3 Å². The molecule has 0 spiro atoms. The molecular formula is C21H26N2O2. The molecule has 2 N–H and O–H groups in total. The third-order valence-electron chi connectivity index (χ3n) is 4.74. The highest BCUT2D eigenvalue weighted by Crippen LogP contribution is 2.20. The molecule has 1 unspecified atom stereocenters. The maximum Gasteiger partial charge on any atom is 0.251 e. The van der Waals surface area contributed by atoms with E-state index in [-0.39, 0.29) is 5.91 Å². The molecule has 4 heteroatoms. The Morgan fingerprint density at radius 2 is 1.68 bits per heavy atom. The molecule has 1 atom stereocenters. The van der Waals surface area contributed by atoms with Crippen molar-refractivity contribution in [1.29, 1.82) is 0 Å². The Kier molecular flexibility index (Phi) is 6.07. The monoisotopic (exact) mass is 338 g/mol. The van der Waals surface area contributed by atoms with E-state index in [2.05, 4.69) is 10.2 Å². The van der Waals surface area contributed by atoms with E-state index in [1.807, 2.05) is 54.6 Å². The molecule has 0 aromatic heterocycles. The number of nitrogens with one attached hydrogen (secondary N) is 1. The van der Waals surface area contributed by atoms with Crippen LogP contribution < -0.4 is 10.2 Å². The number of carbonyl (C=O) groups is 1. The molecule has 0 saturated carbocycles. The molecule has 2 aromatic carbocycles. The normalized spacial score (nSPS) is 15.6. The summed E-state index contributed by atoms with van der Waals surface area (Å²) in [4.78, 5) is 14.6. The molecule has 1 saturated heterocycles. The summed E-state index contributed by atoms with van der Waals surface area (Å²) >= 11 is 0. The average molecular weight is 338 g/mol. The highest BCUT2D eigenvalue weighted by Gasteiger charge is 2.12. The van der Waals surface area contributed by atoms with Crippen molar-refractivity contribution in [1.82, 2.24) is 5.32 Å². The summed E-state index contributed by atoms with van der Waals surface area (Å²) in [6.45, 7) is 2.65. The van der Waals surface area contributed by atoms with Gasteiger partial charge in [0.25, 0.3) is 5.91 Å². The number of benzene rings is 2. The minimum Gasteiger partial charge on any atom is -0.388 e. The first-order chi connectivity index (χ1) is 12.2. The van der Waals surface area contributed by atoms with Crippen LogP contribution in [0, 0.1) is 0 Å². The molecule has 1 amide bonds. The quantitative estimate of drug-likeness (QED) is 0.847. The number of amides is 1. The molecule has 3 rings (SSSR count). The first-order valence-electron chi connectivity index (χ1n) is 9.10. The number of carbonyl (C=O) groups excluding carboxylic acids is 1. The van der Waals surface area contributed by atoms with Gasteiger partial charge in [0, 0.05) is 30.9 Å². The fourth-order valence-corrected chi connectivity index (χ4v) is 3.24. The van der Waals surface area contributed by atoms with Crippen LogP contribution in [-0.4, -0.2) is 30.6 Å². The lowest BCUT2D eigenvalue weighted by molar-refractivity contribution is 0.0942. The number of nitrogens with zero attached hydrogens (tertiary/aromatic N) is 1. The van der Waals surface area contributed by atoms with Gasteiger partial charge in [0.2, 0.25) is 0 Å². The van der Waals surface area contributed by atoms with Crippen molar-refractivity contribution in [2.45, 2.75) is 31.8 Å². The fraction of sp³-hybridized carbons (Fsp3) is 0.381. The predicted molar refractivity (Wildman–Crippen MR) is 101 cm³/mol. The Balaban J connectivity index is 1.48. The van der Waals surface area contributed by atoms with Crippen LogP contribution in [0.1, 0.15) is 47.7 Å². The number of hydrogen-bond acceptors (Lipinski definition) is 3. The standard InChI is InChI=1S/C21H26N2O2/c24-20(17-7-3-1-4-8-17)13-14-22-21(25)18-9-11-19(12-10-18)23-15-5-2-6-16-23/h1,3-4,7-12,20,24H,2,5-6,13-16H2,(H,22,25). The molecule has 4 nitrogen and oxygen atoms in total. The zero-order valence-electron chi connectivity index (χ0n) is 14.5. The fourth-order valence-electron chi connectivity index (χ4n) is 3.24. The van der Waals surface area contributed by atoms with Crippen LogP contribution in [0.4, 0.5) is 5.69 Å². The Labute approximate surface area is 149 Å². The van der Waals surface area contributed by atoms with Crippen LogP contribution in [-0.2, 0) is 0 Å². The Morgan fingerprint density at radius 3 is 2.36 bits per heavy atom. The molecule has 1 aliphatic heterocycles. The van der Waals surface area contributed by atoms with Crippen LogP contribution in [0.5, 0.6) is 0 Å². The largest absolute Gasteiger partial charge is 0.388 e. The van der Waals surface area contributed by atoms with Crippen LogP contribution in [0.25, 0.3) is 0 Å². The Bertz CT molecular complexity index is 664. The smallest absolute Gasteiger partial charge is 0.251 e. The van der Waals surface area contributed by atoms with Gasteiger partial charge in [-0.2, -0.15) is 0 Å². The second-order valence-electron chi connectivity index (χ2n) is 6.57. The second-order valence-corrected chi connectivity index (χ2v) is 6.57. The number of aliphatic hydroxyl groups excluding tert-OH is 1. The van der Waals surface area contributed by atoms with Crippen molar-refractivity contribution >= 4 is 11.6 Å². The molecule has 0 radical (unpaired) electrons. The van der Waals surface area contributed by atoms with Gasteiger partial charge < -0.3 is 15.3 Å². The summed E-state index contributed by atoms with van der Waals surface area (Å²) in [5.41, 5.74) is 2.73. The van der Waals surface area contributed by atoms with Crippen LogP contribution in [0.15, 0.2) is 54.6 Å². The molecule has 132 valence electrons. The molecule has 1 heterocycles.